The van der Waals surface area contributed by atoms with Gasteiger partial charge in [0.1, 0.15) is 0 Å². The van der Waals surface area contributed by atoms with Crippen LogP contribution in [0.2, 0.25) is 0 Å². The van der Waals surface area contributed by atoms with Crippen LogP contribution in [0.3, 0.4) is 0 Å². The number of hydrogen-bond acceptors (Lipinski definition) is 3. The van der Waals surface area contributed by atoms with Gasteiger partial charge in [0, 0.05) is 25.2 Å². The van der Waals surface area contributed by atoms with E-state index >= 15 is 0 Å². The van der Waals surface area contributed by atoms with Crippen molar-refractivity contribution in [2.24, 2.45) is 5.92 Å². The summed E-state index contributed by atoms with van der Waals surface area (Å²) < 4.78 is 5.62. The van der Waals surface area contributed by atoms with Crippen molar-refractivity contribution in [2.75, 3.05) is 19.8 Å². The molecule has 1 aliphatic carbocycles. The van der Waals surface area contributed by atoms with E-state index in [1.807, 2.05) is 0 Å². The average Bonchev–Trinajstić information content (AvgIpc) is 2.95. The van der Waals surface area contributed by atoms with Crippen molar-refractivity contribution in [3.63, 3.8) is 0 Å². The molecule has 3 unspecified atom stereocenters. The largest absolute Gasteiger partial charge is 0.379 e. The fraction of sp³-hybridized carbons (Fsp3) is 0.625. The molecule has 1 heterocycles. The van der Waals surface area contributed by atoms with E-state index in [9.17, 15) is 0 Å². The Balaban J connectivity index is 0.00000147. The van der Waals surface area contributed by atoms with E-state index in [1.54, 1.807) is 0 Å². The predicted octanol–water partition coefficient (Wildman–Crippen LogP) is 2.36. The summed E-state index contributed by atoms with van der Waals surface area (Å²) in [6.07, 6.45) is 3.97. The SMILES string of the molecule is Cl.c1ccc(CNC2CCCC2C2COCCN2)cc1. The van der Waals surface area contributed by atoms with Crippen LogP contribution in [-0.2, 0) is 11.3 Å². The van der Waals surface area contributed by atoms with E-state index in [-0.39, 0.29) is 12.4 Å². The van der Waals surface area contributed by atoms with Gasteiger partial charge >= 0.3 is 0 Å². The first-order valence-corrected chi connectivity index (χ1v) is 7.52. The lowest BCUT2D eigenvalue weighted by molar-refractivity contribution is 0.0524. The van der Waals surface area contributed by atoms with Crippen LogP contribution in [0.5, 0.6) is 0 Å². The Kier molecular flexibility index (Phi) is 6.30. The Labute approximate surface area is 127 Å². The third-order valence-corrected chi connectivity index (χ3v) is 4.45. The molecule has 1 aromatic rings. The molecule has 0 spiro atoms. The fourth-order valence-corrected chi connectivity index (χ4v) is 3.43. The molecule has 1 saturated heterocycles. The van der Waals surface area contributed by atoms with Gasteiger partial charge in [-0.1, -0.05) is 36.8 Å². The van der Waals surface area contributed by atoms with Crippen LogP contribution in [0.4, 0.5) is 0 Å². The van der Waals surface area contributed by atoms with Crippen LogP contribution in [0.25, 0.3) is 0 Å². The van der Waals surface area contributed by atoms with Gasteiger partial charge < -0.3 is 15.4 Å². The molecule has 3 rings (SSSR count). The van der Waals surface area contributed by atoms with Crippen LogP contribution in [-0.4, -0.2) is 31.8 Å². The van der Waals surface area contributed by atoms with Gasteiger partial charge in [0.2, 0.25) is 0 Å². The first kappa shape index (κ1) is 15.8. The number of hydrogen-bond donors (Lipinski definition) is 2. The summed E-state index contributed by atoms with van der Waals surface area (Å²) in [4.78, 5) is 0. The van der Waals surface area contributed by atoms with Gasteiger partial charge in [0.15, 0.2) is 0 Å². The van der Waals surface area contributed by atoms with E-state index in [0.29, 0.717) is 12.1 Å². The van der Waals surface area contributed by atoms with Gasteiger partial charge in [0.25, 0.3) is 0 Å². The maximum Gasteiger partial charge on any atom is 0.0623 e. The zero-order valence-electron chi connectivity index (χ0n) is 11.9. The molecule has 2 N–H and O–H groups in total. The lowest BCUT2D eigenvalue weighted by Gasteiger charge is -2.33. The first-order chi connectivity index (χ1) is 9.43. The lowest BCUT2D eigenvalue weighted by Crippen LogP contribution is -2.50. The molecule has 2 aliphatic rings. The van der Waals surface area contributed by atoms with Crippen molar-refractivity contribution in [2.45, 2.75) is 37.9 Å². The van der Waals surface area contributed by atoms with Crippen LogP contribution < -0.4 is 10.6 Å². The predicted molar refractivity (Wildman–Crippen MR) is 84.3 cm³/mol. The smallest absolute Gasteiger partial charge is 0.0623 e. The van der Waals surface area contributed by atoms with Crippen molar-refractivity contribution in [3.8, 4) is 0 Å². The molecule has 0 amide bonds. The molecular formula is C16H25ClN2O. The molecule has 2 fully saturated rings. The molecule has 4 heteroatoms. The molecule has 20 heavy (non-hydrogen) atoms. The van der Waals surface area contributed by atoms with Gasteiger partial charge in [-0.05, 0) is 24.3 Å². The van der Waals surface area contributed by atoms with Crippen LogP contribution in [0.1, 0.15) is 24.8 Å². The number of rotatable bonds is 4. The quantitative estimate of drug-likeness (QED) is 0.895. The summed E-state index contributed by atoms with van der Waals surface area (Å²) in [5, 5.41) is 7.37. The summed E-state index contributed by atoms with van der Waals surface area (Å²) in [5.41, 5.74) is 1.38. The van der Waals surface area contributed by atoms with Crippen LogP contribution in [0, 0.1) is 5.92 Å². The number of benzene rings is 1. The maximum absolute atomic E-state index is 5.62. The van der Waals surface area contributed by atoms with Gasteiger partial charge in [-0.3, -0.25) is 0 Å². The molecule has 0 bridgehead atoms. The molecule has 1 aliphatic heterocycles. The van der Waals surface area contributed by atoms with E-state index in [1.165, 1.54) is 24.8 Å². The highest BCUT2D eigenvalue weighted by atomic mass is 35.5. The topological polar surface area (TPSA) is 33.3 Å². The molecule has 0 aromatic heterocycles. The highest BCUT2D eigenvalue weighted by Gasteiger charge is 2.34. The number of nitrogens with one attached hydrogen (secondary N) is 2. The molecule has 3 nitrogen and oxygen atoms in total. The van der Waals surface area contributed by atoms with Crippen LogP contribution >= 0.6 is 12.4 Å². The second kappa shape index (κ2) is 7.99. The normalized spacial score (nSPS) is 29.9. The summed E-state index contributed by atoms with van der Waals surface area (Å²) >= 11 is 0. The minimum absolute atomic E-state index is 0. The zero-order valence-corrected chi connectivity index (χ0v) is 12.7. The summed E-state index contributed by atoms with van der Waals surface area (Å²) in [6.45, 7) is 3.74. The average molecular weight is 297 g/mol. The van der Waals surface area contributed by atoms with Gasteiger partial charge in [-0.15, -0.1) is 12.4 Å². The lowest BCUT2D eigenvalue weighted by atomic mass is 9.94. The molecule has 1 aromatic carbocycles. The van der Waals surface area contributed by atoms with E-state index in [4.69, 9.17) is 4.74 Å². The van der Waals surface area contributed by atoms with Gasteiger partial charge in [0.05, 0.1) is 13.2 Å². The fourth-order valence-electron chi connectivity index (χ4n) is 3.43. The third kappa shape index (κ3) is 3.95. The molecular weight excluding hydrogens is 272 g/mol. The van der Waals surface area contributed by atoms with Gasteiger partial charge in [-0.25, -0.2) is 0 Å². The molecule has 1 saturated carbocycles. The summed E-state index contributed by atoms with van der Waals surface area (Å²) in [7, 11) is 0. The number of ether oxygens (including phenoxy) is 1. The zero-order chi connectivity index (χ0) is 12.9. The highest BCUT2D eigenvalue weighted by Crippen LogP contribution is 2.29. The van der Waals surface area contributed by atoms with Crippen molar-refractivity contribution in [1.82, 2.24) is 10.6 Å². The van der Waals surface area contributed by atoms with Crippen molar-refractivity contribution < 1.29 is 4.74 Å². The second-order valence-corrected chi connectivity index (χ2v) is 5.70. The monoisotopic (exact) mass is 296 g/mol. The summed E-state index contributed by atoms with van der Waals surface area (Å²) in [6, 6.07) is 11.9. The Morgan fingerprint density at radius 1 is 1.20 bits per heavy atom. The van der Waals surface area contributed by atoms with Gasteiger partial charge in [-0.2, -0.15) is 0 Å². The van der Waals surface area contributed by atoms with Crippen molar-refractivity contribution >= 4 is 12.4 Å². The minimum atomic E-state index is 0. The number of halogens is 1. The Bertz CT molecular complexity index is 381. The van der Waals surface area contributed by atoms with E-state index in [0.717, 1.165) is 32.2 Å². The Hall–Kier alpha value is -0.610. The van der Waals surface area contributed by atoms with Crippen molar-refractivity contribution in [1.29, 1.82) is 0 Å². The van der Waals surface area contributed by atoms with Crippen molar-refractivity contribution in [3.05, 3.63) is 35.9 Å². The maximum atomic E-state index is 5.62. The Morgan fingerprint density at radius 3 is 2.80 bits per heavy atom. The third-order valence-electron chi connectivity index (χ3n) is 4.45. The van der Waals surface area contributed by atoms with E-state index < -0.39 is 0 Å². The second-order valence-electron chi connectivity index (χ2n) is 5.70. The molecule has 3 atom stereocenters. The summed E-state index contributed by atoms with van der Waals surface area (Å²) in [5.74, 6) is 0.726. The molecule has 0 radical (unpaired) electrons. The molecule has 112 valence electrons. The van der Waals surface area contributed by atoms with E-state index in [2.05, 4.69) is 41.0 Å². The Morgan fingerprint density at radius 2 is 2.05 bits per heavy atom. The first-order valence-electron chi connectivity index (χ1n) is 7.52. The highest BCUT2D eigenvalue weighted by molar-refractivity contribution is 5.85. The minimum Gasteiger partial charge on any atom is -0.379 e. The standard InChI is InChI=1S/C16H24N2O.ClH/c1-2-5-13(6-3-1)11-18-15-8-4-7-14(15)16-12-19-10-9-17-16;/h1-3,5-6,14-18H,4,7-12H2;1H. The number of morpholine rings is 1. The van der Waals surface area contributed by atoms with Crippen LogP contribution in [0.15, 0.2) is 30.3 Å².